The summed E-state index contributed by atoms with van der Waals surface area (Å²) in [5, 5.41) is 6.41. The van der Waals surface area contributed by atoms with Crippen LogP contribution in [-0.2, 0) is 4.79 Å². The smallest absolute Gasteiger partial charge is 0.234 e. The summed E-state index contributed by atoms with van der Waals surface area (Å²) in [5.74, 6) is 0.566. The third kappa shape index (κ3) is 4.06. The van der Waals surface area contributed by atoms with Crippen molar-refractivity contribution in [2.24, 2.45) is 5.92 Å². The summed E-state index contributed by atoms with van der Waals surface area (Å²) in [6, 6.07) is 9.04. The van der Waals surface area contributed by atoms with Gasteiger partial charge in [0.15, 0.2) is 0 Å². The normalized spacial score (nSPS) is 16.4. The average molecular weight is 260 g/mol. The second kappa shape index (κ2) is 6.20. The largest absolute Gasteiger partial charge is 0.352 e. The molecule has 1 saturated carbocycles. The van der Waals surface area contributed by atoms with Crippen LogP contribution in [0.15, 0.2) is 24.3 Å². The molecule has 104 valence electrons. The van der Waals surface area contributed by atoms with Crippen molar-refractivity contribution in [3.05, 3.63) is 35.4 Å². The fraction of sp³-hybridized carbons (Fsp3) is 0.562. The number of aryl methyl sites for hydroxylation is 1. The van der Waals surface area contributed by atoms with E-state index in [0.29, 0.717) is 18.5 Å². The molecule has 1 aliphatic rings. The number of benzene rings is 1. The van der Waals surface area contributed by atoms with E-state index in [0.717, 1.165) is 12.8 Å². The van der Waals surface area contributed by atoms with Gasteiger partial charge in [-0.25, -0.2) is 0 Å². The monoisotopic (exact) mass is 260 g/mol. The van der Waals surface area contributed by atoms with E-state index in [4.69, 9.17) is 0 Å². The lowest BCUT2D eigenvalue weighted by Crippen LogP contribution is -2.38. The number of carbonyl (C=O) groups excluding carboxylic acids is 1. The fourth-order valence-electron chi connectivity index (χ4n) is 2.35. The highest BCUT2D eigenvalue weighted by Crippen LogP contribution is 2.24. The minimum Gasteiger partial charge on any atom is -0.352 e. The Kier molecular flexibility index (Phi) is 4.59. The van der Waals surface area contributed by atoms with E-state index in [9.17, 15) is 4.79 Å². The first-order valence-electron chi connectivity index (χ1n) is 7.16. The molecule has 1 atom stereocenters. The molecule has 2 N–H and O–H groups in total. The summed E-state index contributed by atoms with van der Waals surface area (Å²) >= 11 is 0. The van der Waals surface area contributed by atoms with Gasteiger partial charge in [-0.3, -0.25) is 4.79 Å². The maximum absolute atomic E-state index is 11.8. The van der Waals surface area contributed by atoms with Crippen molar-refractivity contribution in [3.63, 3.8) is 0 Å². The van der Waals surface area contributed by atoms with Gasteiger partial charge in [0.05, 0.1) is 6.54 Å². The number of carbonyl (C=O) groups is 1. The van der Waals surface area contributed by atoms with E-state index < -0.39 is 0 Å². The van der Waals surface area contributed by atoms with Crippen LogP contribution in [0, 0.1) is 12.8 Å². The first-order chi connectivity index (χ1) is 9.08. The number of nitrogens with one attached hydrogen (secondary N) is 2. The van der Waals surface area contributed by atoms with E-state index >= 15 is 0 Å². The van der Waals surface area contributed by atoms with E-state index in [2.05, 4.69) is 55.7 Å². The van der Waals surface area contributed by atoms with Gasteiger partial charge in [-0.2, -0.15) is 0 Å². The maximum Gasteiger partial charge on any atom is 0.234 e. The Labute approximate surface area is 115 Å². The molecule has 2 rings (SSSR count). The summed E-state index contributed by atoms with van der Waals surface area (Å²) in [6.45, 7) is 6.89. The number of hydrogen-bond donors (Lipinski definition) is 2. The van der Waals surface area contributed by atoms with Crippen LogP contribution in [0.5, 0.6) is 0 Å². The van der Waals surface area contributed by atoms with Gasteiger partial charge in [0.1, 0.15) is 0 Å². The first-order valence-corrected chi connectivity index (χ1v) is 7.16. The molecular formula is C16H24N2O. The summed E-state index contributed by atoms with van der Waals surface area (Å²) in [7, 11) is 0. The van der Waals surface area contributed by atoms with Gasteiger partial charge in [-0.05, 0) is 36.8 Å². The third-order valence-corrected chi connectivity index (χ3v) is 3.62. The molecule has 1 unspecified atom stereocenters. The molecule has 1 fully saturated rings. The standard InChI is InChI=1S/C16H24N2O/c1-11(2)16(14-7-5-4-6-12(14)3)17-10-15(19)18-13-8-9-13/h4-7,11,13,16-17H,8-10H2,1-3H3,(H,18,19). The van der Waals surface area contributed by atoms with Crippen LogP contribution < -0.4 is 10.6 Å². The predicted octanol–water partition coefficient (Wildman–Crippen LogP) is 2.56. The van der Waals surface area contributed by atoms with Gasteiger partial charge in [0.25, 0.3) is 0 Å². The van der Waals surface area contributed by atoms with Gasteiger partial charge in [0, 0.05) is 12.1 Å². The van der Waals surface area contributed by atoms with Crippen molar-refractivity contribution in [1.82, 2.24) is 10.6 Å². The van der Waals surface area contributed by atoms with Gasteiger partial charge < -0.3 is 10.6 Å². The lowest BCUT2D eigenvalue weighted by atomic mass is 9.92. The van der Waals surface area contributed by atoms with E-state index in [1.807, 2.05) is 0 Å². The Morgan fingerprint density at radius 2 is 2.00 bits per heavy atom. The summed E-state index contributed by atoms with van der Waals surface area (Å²) < 4.78 is 0. The molecule has 1 aliphatic carbocycles. The quantitative estimate of drug-likeness (QED) is 0.825. The zero-order valence-corrected chi connectivity index (χ0v) is 12.1. The van der Waals surface area contributed by atoms with Crippen molar-refractivity contribution in [1.29, 1.82) is 0 Å². The molecule has 19 heavy (non-hydrogen) atoms. The zero-order valence-electron chi connectivity index (χ0n) is 12.1. The molecule has 1 amide bonds. The van der Waals surface area contributed by atoms with Crippen LogP contribution in [0.2, 0.25) is 0 Å². The van der Waals surface area contributed by atoms with Crippen LogP contribution in [0.4, 0.5) is 0 Å². The van der Waals surface area contributed by atoms with Crippen molar-refractivity contribution in [3.8, 4) is 0 Å². The lowest BCUT2D eigenvalue weighted by molar-refractivity contribution is -0.120. The second-order valence-corrected chi connectivity index (χ2v) is 5.80. The SMILES string of the molecule is Cc1ccccc1C(NCC(=O)NC1CC1)C(C)C. The lowest BCUT2D eigenvalue weighted by Gasteiger charge is -2.24. The Balaban J connectivity index is 1.96. The number of hydrogen-bond acceptors (Lipinski definition) is 2. The molecule has 3 heteroatoms. The van der Waals surface area contributed by atoms with Gasteiger partial charge in [-0.1, -0.05) is 38.1 Å². The average Bonchev–Trinajstić information content (AvgIpc) is 3.15. The molecule has 0 aliphatic heterocycles. The molecular weight excluding hydrogens is 236 g/mol. The van der Waals surface area contributed by atoms with Crippen molar-refractivity contribution < 1.29 is 4.79 Å². The second-order valence-electron chi connectivity index (χ2n) is 5.80. The highest BCUT2D eigenvalue weighted by Gasteiger charge is 2.24. The van der Waals surface area contributed by atoms with Crippen LogP contribution in [-0.4, -0.2) is 18.5 Å². The Hall–Kier alpha value is -1.35. The number of rotatable bonds is 6. The van der Waals surface area contributed by atoms with E-state index in [1.54, 1.807) is 0 Å². The maximum atomic E-state index is 11.8. The highest BCUT2D eigenvalue weighted by molar-refractivity contribution is 5.78. The fourth-order valence-corrected chi connectivity index (χ4v) is 2.35. The van der Waals surface area contributed by atoms with Crippen molar-refractivity contribution >= 4 is 5.91 Å². The van der Waals surface area contributed by atoms with Crippen molar-refractivity contribution in [2.75, 3.05) is 6.54 Å². The number of amides is 1. The summed E-state index contributed by atoms with van der Waals surface area (Å²) in [6.07, 6.45) is 2.27. The zero-order chi connectivity index (χ0) is 13.8. The molecule has 0 spiro atoms. The van der Waals surface area contributed by atoms with Gasteiger partial charge in [0.2, 0.25) is 5.91 Å². The van der Waals surface area contributed by atoms with E-state index in [1.165, 1.54) is 11.1 Å². The first kappa shape index (κ1) is 14.1. The Morgan fingerprint density at radius 1 is 1.32 bits per heavy atom. The third-order valence-electron chi connectivity index (χ3n) is 3.62. The van der Waals surface area contributed by atoms with Crippen molar-refractivity contribution in [2.45, 2.75) is 45.7 Å². The predicted molar refractivity (Wildman–Crippen MR) is 77.9 cm³/mol. The van der Waals surface area contributed by atoms with Gasteiger partial charge >= 0.3 is 0 Å². The van der Waals surface area contributed by atoms with Crippen LogP contribution in [0.25, 0.3) is 0 Å². The molecule has 0 bridgehead atoms. The molecule has 0 aromatic heterocycles. The molecule has 0 radical (unpaired) electrons. The van der Waals surface area contributed by atoms with E-state index in [-0.39, 0.29) is 11.9 Å². The molecule has 1 aromatic rings. The highest BCUT2D eigenvalue weighted by atomic mass is 16.2. The van der Waals surface area contributed by atoms with Gasteiger partial charge in [-0.15, -0.1) is 0 Å². The molecule has 1 aromatic carbocycles. The summed E-state index contributed by atoms with van der Waals surface area (Å²) in [5.41, 5.74) is 2.56. The minimum absolute atomic E-state index is 0.113. The van der Waals surface area contributed by atoms with Crippen LogP contribution in [0.3, 0.4) is 0 Å². The van der Waals surface area contributed by atoms with Crippen LogP contribution in [0.1, 0.15) is 43.9 Å². The Bertz CT molecular complexity index is 438. The summed E-state index contributed by atoms with van der Waals surface area (Å²) in [4.78, 5) is 11.8. The molecule has 3 nitrogen and oxygen atoms in total. The molecule has 0 saturated heterocycles. The topological polar surface area (TPSA) is 41.1 Å². The molecule has 0 heterocycles. The minimum atomic E-state index is 0.113. The van der Waals surface area contributed by atoms with Crippen LogP contribution >= 0.6 is 0 Å². The Morgan fingerprint density at radius 3 is 2.58 bits per heavy atom.